The van der Waals surface area contributed by atoms with Crippen LogP contribution in [0.1, 0.15) is 0 Å². The predicted molar refractivity (Wildman–Crippen MR) is 57.6 cm³/mol. The number of para-hydroxylation sites is 1. The standard InChI is InChI=1S/C9H10N4S/c1-14-8-5-3-2-4-7(8)13-6-11-9(10)12-13/h2-6H,1H3,(H2,10,12). The second-order valence-electron chi connectivity index (χ2n) is 2.72. The number of rotatable bonds is 2. The van der Waals surface area contributed by atoms with Crippen molar-refractivity contribution in [2.75, 3.05) is 12.0 Å². The average Bonchev–Trinajstić information content (AvgIpc) is 2.65. The third-order valence-corrected chi connectivity index (χ3v) is 2.63. The smallest absolute Gasteiger partial charge is 0.239 e. The molecule has 0 aliphatic heterocycles. The van der Waals surface area contributed by atoms with E-state index in [0.717, 1.165) is 10.6 Å². The normalized spacial score (nSPS) is 10.4. The van der Waals surface area contributed by atoms with Gasteiger partial charge in [-0.2, -0.15) is 0 Å². The maximum Gasteiger partial charge on any atom is 0.239 e. The Morgan fingerprint density at radius 1 is 1.36 bits per heavy atom. The molecule has 0 bridgehead atoms. The minimum atomic E-state index is 0.293. The van der Waals surface area contributed by atoms with Gasteiger partial charge in [0.05, 0.1) is 5.69 Å². The molecule has 0 atom stereocenters. The molecule has 14 heavy (non-hydrogen) atoms. The number of hydrogen-bond acceptors (Lipinski definition) is 4. The number of nitrogen functional groups attached to an aromatic ring is 1. The summed E-state index contributed by atoms with van der Waals surface area (Å²) in [6.07, 6.45) is 3.64. The molecule has 4 nitrogen and oxygen atoms in total. The van der Waals surface area contributed by atoms with Crippen molar-refractivity contribution in [2.45, 2.75) is 4.90 Å². The highest BCUT2D eigenvalue weighted by Crippen LogP contribution is 2.22. The lowest BCUT2D eigenvalue weighted by Gasteiger charge is -2.04. The summed E-state index contributed by atoms with van der Waals surface area (Å²) >= 11 is 1.67. The molecule has 0 spiro atoms. The van der Waals surface area contributed by atoms with E-state index in [4.69, 9.17) is 5.73 Å². The van der Waals surface area contributed by atoms with Gasteiger partial charge in [-0.05, 0) is 18.4 Å². The average molecular weight is 206 g/mol. The second kappa shape index (κ2) is 3.71. The Morgan fingerprint density at radius 2 is 2.14 bits per heavy atom. The third-order valence-electron chi connectivity index (χ3n) is 1.84. The van der Waals surface area contributed by atoms with Gasteiger partial charge in [0, 0.05) is 4.90 Å². The zero-order valence-corrected chi connectivity index (χ0v) is 8.53. The van der Waals surface area contributed by atoms with Crippen molar-refractivity contribution in [3.05, 3.63) is 30.6 Å². The summed E-state index contributed by atoms with van der Waals surface area (Å²) in [5.74, 6) is 0.293. The molecule has 1 aromatic heterocycles. The molecule has 1 aromatic carbocycles. The van der Waals surface area contributed by atoms with Crippen LogP contribution in [0.25, 0.3) is 5.69 Å². The van der Waals surface area contributed by atoms with E-state index >= 15 is 0 Å². The molecule has 0 aliphatic rings. The van der Waals surface area contributed by atoms with E-state index in [1.165, 1.54) is 0 Å². The Hall–Kier alpha value is -1.49. The van der Waals surface area contributed by atoms with Gasteiger partial charge < -0.3 is 5.73 Å². The van der Waals surface area contributed by atoms with Gasteiger partial charge in [0.25, 0.3) is 0 Å². The highest BCUT2D eigenvalue weighted by atomic mass is 32.2. The first-order chi connectivity index (χ1) is 6.81. The van der Waals surface area contributed by atoms with Crippen LogP contribution in [-0.2, 0) is 0 Å². The Balaban J connectivity index is 2.50. The van der Waals surface area contributed by atoms with Gasteiger partial charge >= 0.3 is 0 Å². The van der Waals surface area contributed by atoms with Gasteiger partial charge in [-0.1, -0.05) is 12.1 Å². The quantitative estimate of drug-likeness (QED) is 0.758. The lowest BCUT2D eigenvalue weighted by atomic mass is 10.3. The van der Waals surface area contributed by atoms with Crippen molar-refractivity contribution < 1.29 is 0 Å². The van der Waals surface area contributed by atoms with E-state index in [1.54, 1.807) is 22.8 Å². The van der Waals surface area contributed by atoms with Crippen LogP contribution in [-0.4, -0.2) is 21.0 Å². The first-order valence-corrected chi connectivity index (χ1v) is 5.34. The Bertz CT molecular complexity index is 438. The van der Waals surface area contributed by atoms with Crippen LogP contribution in [0, 0.1) is 0 Å². The number of aromatic nitrogens is 3. The predicted octanol–water partition coefficient (Wildman–Crippen LogP) is 1.57. The highest BCUT2D eigenvalue weighted by molar-refractivity contribution is 7.98. The fourth-order valence-electron chi connectivity index (χ4n) is 1.21. The van der Waals surface area contributed by atoms with Crippen LogP contribution < -0.4 is 5.73 Å². The van der Waals surface area contributed by atoms with E-state index in [0.29, 0.717) is 5.95 Å². The molecule has 0 saturated carbocycles. The second-order valence-corrected chi connectivity index (χ2v) is 3.57. The first-order valence-electron chi connectivity index (χ1n) is 4.12. The summed E-state index contributed by atoms with van der Waals surface area (Å²) in [4.78, 5) is 5.04. The third kappa shape index (κ3) is 1.58. The lowest BCUT2D eigenvalue weighted by molar-refractivity contribution is 0.865. The first kappa shape index (κ1) is 9.08. The van der Waals surface area contributed by atoms with Crippen molar-refractivity contribution in [3.63, 3.8) is 0 Å². The van der Waals surface area contributed by atoms with E-state index in [-0.39, 0.29) is 0 Å². The van der Waals surface area contributed by atoms with Gasteiger partial charge in [0.2, 0.25) is 5.95 Å². The molecule has 2 N–H and O–H groups in total. The van der Waals surface area contributed by atoms with Crippen LogP contribution in [0.15, 0.2) is 35.5 Å². The van der Waals surface area contributed by atoms with Crippen LogP contribution >= 0.6 is 11.8 Å². The molecule has 2 rings (SSSR count). The molecule has 0 unspecified atom stereocenters. The SMILES string of the molecule is CSc1ccccc1-n1cnc(N)n1. The van der Waals surface area contributed by atoms with Crippen molar-refractivity contribution in [1.82, 2.24) is 14.8 Å². The van der Waals surface area contributed by atoms with E-state index in [2.05, 4.69) is 10.1 Å². The molecule has 0 radical (unpaired) electrons. The van der Waals surface area contributed by atoms with Crippen molar-refractivity contribution in [1.29, 1.82) is 0 Å². The van der Waals surface area contributed by atoms with Gasteiger partial charge in [-0.3, -0.25) is 0 Å². The molecule has 5 heteroatoms. The summed E-state index contributed by atoms with van der Waals surface area (Å²) in [5, 5.41) is 4.06. The molecule has 0 amide bonds. The molecule has 0 saturated heterocycles. The molecule has 0 fully saturated rings. The largest absolute Gasteiger partial charge is 0.366 e. The summed E-state index contributed by atoms with van der Waals surface area (Å²) in [7, 11) is 0. The van der Waals surface area contributed by atoms with Gasteiger partial charge in [-0.15, -0.1) is 16.9 Å². The maximum atomic E-state index is 5.46. The summed E-state index contributed by atoms with van der Waals surface area (Å²) < 4.78 is 1.68. The zero-order chi connectivity index (χ0) is 9.97. The van der Waals surface area contributed by atoms with Crippen LogP contribution in [0.3, 0.4) is 0 Å². The number of anilines is 1. The van der Waals surface area contributed by atoms with Crippen molar-refractivity contribution >= 4 is 17.7 Å². The van der Waals surface area contributed by atoms with Crippen molar-refractivity contribution in [3.8, 4) is 5.69 Å². The van der Waals surface area contributed by atoms with E-state index in [9.17, 15) is 0 Å². The topological polar surface area (TPSA) is 56.7 Å². The van der Waals surface area contributed by atoms with Gasteiger partial charge in [-0.25, -0.2) is 9.67 Å². The molecule has 1 heterocycles. The summed E-state index contributed by atoms with van der Waals surface area (Å²) in [5.41, 5.74) is 6.46. The number of benzene rings is 1. The van der Waals surface area contributed by atoms with Crippen LogP contribution in [0.4, 0.5) is 5.95 Å². The molecule has 2 aromatic rings. The highest BCUT2D eigenvalue weighted by Gasteiger charge is 2.04. The Morgan fingerprint density at radius 3 is 2.79 bits per heavy atom. The number of hydrogen-bond donors (Lipinski definition) is 1. The zero-order valence-electron chi connectivity index (χ0n) is 7.71. The number of nitrogens with zero attached hydrogens (tertiary/aromatic N) is 3. The number of thioether (sulfide) groups is 1. The molecular weight excluding hydrogens is 196 g/mol. The number of nitrogens with two attached hydrogens (primary N) is 1. The summed E-state index contributed by atoms with van der Waals surface area (Å²) in [6, 6.07) is 7.99. The Kier molecular flexibility index (Phi) is 2.41. The van der Waals surface area contributed by atoms with Gasteiger partial charge in [0.1, 0.15) is 6.33 Å². The minimum absolute atomic E-state index is 0.293. The maximum absolute atomic E-state index is 5.46. The fourth-order valence-corrected chi connectivity index (χ4v) is 1.80. The minimum Gasteiger partial charge on any atom is -0.366 e. The van der Waals surface area contributed by atoms with Crippen molar-refractivity contribution in [2.24, 2.45) is 0 Å². The Labute approximate surface area is 86.1 Å². The van der Waals surface area contributed by atoms with Crippen LogP contribution in [0.2, 0.25) is 0 Å². The lowest BCUT2D eigenvalue weighted by Crippen LogP contribution is -1.97. The van der Waals surface area contributed by atoms with Gasteiger partial charge in [0.15, 0.2) is 0 Å². The summed E-state index contributed by atoms with van der Waals surface area (Å²) in [6.45, 7) is 0. The monoisotopic (exact) mass is 206 g/mol. The fraction of sp³-hybridized carbons (Fsp3) is 0.111. The molecule has 72 valence electrons. The van der Waals surface area contributed by atoms with E-state index < -0.39 is 0 Å². The van der Waals surface area contributed by atoms with Crippen LogP contribution in [0.5, 0.6) is 0 Å². The van der Waals surface area contributed by atoms with E-state index in [1.807, 2.05) is 30.5 Å². The molecular formula is C9H10N4S. The molecule has 0 aliphatic carbocycles.